The number of hydrogen-bond donors (Lipinski definition) is 1. The molecule has 2 aromatic heterocycles. The van der Waals surface area contributed by atoms with E-state index in [9.17, 15) is 9.59 Å². The molecule has 0 unspecified atom stereocenters. The minimum Gasteiger partial charge on any atom is -0.337 e. The van der Waals surface area contributed by atoms with Gasteiger partial charge < -0.3 is 4.90 Å². The fourth-order valence-electron chi connectivity index (χ4n) is 2.51. The van der Waals surface area contributed by atoms with Gasteiger partial charge in [-0.15, -0.1) is 11.3 Å². The van der Waals surface area contributed by atoms with Gasteiger partial charge in [0.2, 0.25) is 5.91 Å². The highest BCUT2D eigenvalue weighted by Crippen LogP contribution is 2.29. The summed E-state index contributed by atoms with van der Waals surface area (Å²) in [5.74, 6) is 0.0945. The summed E-state index contributed by atoms with van der Waals surface area (Å²) in [5, 5.41) is 5.35. The number of unbranched alkanes of at least 4 members (excludes halogenated alkanes) is 1. The van der Waals surface area contributed by atoms with Gasteiger partial charge in [-0.05, 0) is 17.9 Å². The highest BCUT2D eigenvalue weighted by molar-refractivity contribution is 7.16. The van der Waals surface area contributed by atoms with Crippen molar-refractivity contribution in [1.82, 2.24) is 9.88 Å². The Balaban J connectivity index is 1.64. The van der Waals surface area contributed by atoms with Crippen LogP contribution in [0.5, 0.6) is 0 Å². The first-order valence-electron chi connectivity index (χ1n) is 7.78. The number of aromatic nitrogens is 1. The third kappa shape index (κ3) is 3.79. The third-order valence-corrected chi connectivity index (χ3v) is 5.66. The molecule has 0 radical (unpaired) electrons. The van der Waals surface area contributed by atoms with Gasteiger partial charge in [-0.25, -0.2) is 4.98 Å². The number of nitrogens with zero attached hydrogens (tertiary/aromatic N) is 2. The van der Waals surface area contributed by atoms with E-state index in [0.717, 1.165) is 36.4 Å². The Labute approximate surface area is 143 Å². The summed E-state index contributed by atoms with van der Waals surface area (Å²) in [7, 11) is 0. The molecule has 0 spiro atoms. The summed E-state index contributed by atoms with van der Waals surface area (Å²) in [6.45, 7) is 3.43. The molecule has 7 heteroatoms. The summed E-state index contributed by atoms with van der Waals surface area (Å²) in [6.07, 6.45) is 3.35. The van der Waals surface area contributed by atoms with Crippen molar-refractivity contribution < 1.29 is 9.59 Å². The molecule has 3 heterocycles. The Morgan fingerprint density at radius 1 is 1.43 bits per heavy atom. The van der Waals surface area contributed by atoms with E-state index in [1.807, 2.05) is 16.3 Å². The minimum absolute atomic E-state index is 0.123. The van der Waals surface area contributed by atoms with Crippen molar-refractivity contribution in [3.05, 3.63) is 33.0 Å². The standard InChI is InChI=1S/C16H19N3O2S2/c1-2-3-6-14(20)19-8-7-11-13(10-19)23-16(17-11)18-15(21)12-5-4-9-22-12/h4-5,9H,2-3,6-8,10H2,1H3,(H,17,18,21). The van der Waals surface area contributed by atoms with Crippen molar-refractivity contribution in [3.8, 4) is 0 Å². The van der Waals surface area contributed by atoms with Crippen LogP contribution in [0.25, 0.3) is 0 Å². The molecular formula is C16H19N3O2S2. The number of fused-ring (bicyclic) bond motifs is 1. The molecule has 0 saturated carbocycles. The number of amides is 2. The summed E-state index contributed by atoms with van der Waals surface area (Å²) in [6, 6.07) is 3.65. The number of thiazole rings is 1. The Morgan fingerprint density at radius 2 is 2.30 bits per heavy atom. The van der Waals surface area contributed by atoms with E-state index in [1.165, 1.54) is 22.7 Å². The van der Waals surface area contributed by atoms with Crippen molar-refractivity contribution in [2.24, 2.45) is 0 Å². The predicted molar refractivity (Wildman–Crippen MR) is 93.0 cm³/mol. The Bertz CT molecular complexity index is 694. The first-order chi connectivity index (χ1) is 11.2. The maximum Gasteiger partial charge on any atom is 0.267 e. The van der Waals surface area contributed by atoms with Crippen LogP contribution in [-0.4, -0.2) is 28.2 Å². The maximum atomic E-state index is 12.1. The van der Waals surface area contributed by atoms with E-state index in [1.54, 1.807) is 6.07 Å². The van der Waals surface area contributed by atoms with Crippen LogP contribution in [0.4, 0.5) is 5.13 Å². The average molecular weight is 349 g/mol. The number of carbonyl (C=O) groups is 2. The van der Waals surface area contributed by atoms with Crippen LogP contribution in [0.1, 0.15) is 46.4 Å². The SMILES string of the molecule is CCCCC(=O)N1CCc2nc(NC(=O)c3cccs3)sc2C1. The van der Waals surface area contributed by atoms with Crippen LogP contribution in [0, 0.1) is 0 Å². The summed E-state index contributed by atoms with van der Waals surface area (Å²) in [5.41, 5.74) is 1.01. The fraction of sp³-hybridized carbons (Fsp3) is 0.438. The molecule has 0 atom stereocenters. The second-order valence-electron chi connectivity index (χ2n) is 5.49. The van der Waals surface area contributed by atoms with Gasteiger partial charge >= 0.3 is 0 Å². The molecule has 2 amide bonds. The molecule has 1 aliphatic heterocycles. The lowest BCUT2D eigenvalue weighted by Gasteiger charge is -2.26. The molecule has 0 aromatic carbocycles. The van der Waals surface area contributed by atoms with E-state index < -0.39 is 0 Å². The largest absolute Gasteiger partial charge is 0.337 e. The van der Waals surface area contributed by atoms with Crippen LogP contribution in [-0.2, 0) is 17.8 Å². The van der Waals surface area contributed by atoms with Gasteiger partial charge in [0.25, 0.3) is 5.91 Å². The lowest BCUT2D eigenvalue weighted by atomic mass is 10.1. The van der Waals surface area contributed by atoms with E-state index in [-0.39, 0.29) is 11.8 Å². The number of thiophene rings is 1. The van der Waals surface area contributed by atoms with E-state index in [0.29, 0.717) is 23.0 Å². The van der Waals surface area contributed by atoms with Gasteiger partial charge in [0.15, 0.2) is 5.13 Å². The van der Waals surface area contributed by atoms with Gasteiger partial charge in [0.1, 0.15) is 0 Å². The monoisotopic (exact) mass is 349 g/mol. The highest BCUT2D eigenvalue weighted by atomic mass is 32.1. The highest BCUT2D eigenvalue weighted by Gasteiger charge is 2.24. The summed E-state index contributed by atoms with van der Waals surface area (Å²) < 4.78 is 0. The van der Waals surface area contributed by atoms with Gasteiger partial charge in [-0.3, -0.25) is 14.9 Å². The molecule has 0 bridgehead atoms. The zero-order chi connectivity index (χ0) is 16.2. The average Bonchev–Trinajstić information content (AvgIpc) is 3.20. The molecule has 23 heavy (non-hydrogen) atoms. The van der Waals surface area contributed by atoms with Crippen molar-refractivity contribution in [1.29, 1.82) is 0 Å². The second kappa shape index (κ2) is 7.23. The van der Waals surface area contributed by atoms with Crippen molar-refractivity contribution >= 4 is 39.6 Å². The Hall–Kier alpha value is -1.73. The number of carbonyl (C=O) groups excluding carboxylic acids is 2. The topological polar surface area (TPSA) is 62.3 Å². The molecule has 0 fully saturated rings. The fourth-order valence-corrected chi connectivity index (χ4v) is 4.15. The number of anilines is 1. The van der Waals surface area contributed by atoms with Crippen molar-refractivity contribution in [2.75, 3.05) is 11.9 Å². The molecule has 5 nitrogen and oxygen atoms in total. The van der Waals surface area contributed by atoms with Crippen LogP contribution < -0.4 is 5.32 Å². The van der Waals surface area contributed by atoms with Gasteiger partial charge in [-0.1, -0.05) is 30.7 Å². The zero-order valence-corrected chi connectivity index (χ0v) is 14.6. The number of nitrogens with one attached hydrogen (secondary N) is 1. The van der Waals surface area contributed by atoms with Crippen LogP contribution in [0.2, 0.25) is 0 Å². The second-order valence-corrected chi connectivity index (χ2v) is 7.52. The maximum absolute atomic E-state index is 12.1. The minimum atomic E-state index is -0.123. The lowest BCUT2D eigenvalue weighted by molar-refractivity contribution is -0.132. The third-order valence-electron chi connectivity index (χ3n) is 3.79. The molecule has 0 aliphatic carbocycles. The normalized spacial score (nSPS) is 13.7. The molecule has 0 saturated heterocycles. The molecule has 1 aliphatic rings. The predicted octanol–water partition coefficient (Wildman–Crippen LogP) is 3.53. The van der Waals surface area contributed by atoms with Gasteiger partial charge in [0, 0.05) is 24.3 Å². The van der Waals surface area contributed by atoms with E-state index in [2.05, 4.69) is 17.2 Å². The number of hydrogen-bond acceptors (Lipinski definition) is 5. The molecular weight excluding hydrogens is 330 g/mol. The van der Waals surface area contributed by atoms with Crippen LogP contribution >= 0.6 is 22.7 Å². The lowest BCUT2D eigenvalue weighted by Crippen LogP contribution is -2.35. The van der Waals surface area contributed by atoms with E-state index >= 15 is 0 Å². The number of rotatable bonds is 5. The van der Waals surface area contributed by atoms with Crippen LogP contribution in [0.15, 0.2) is 17.5 Å². The van der Waals surface area contributed by atoms with Crippen LogP contribution in [0.3, 0.4) is 0 Å². The van der Waals surface area contributed by atoms with Gasteiger partial charge in [0.05, 0.1) is 17.1 Å². The first-order valence-corrected chi connectivity index (χ1v) is 9.48. The molecule has 122 valence electrons. The zero-order valence-electron chi connectivity index (χ0n) is 13.0. The van der Waals surface area contributed by atoms with Crippen molar-refractivity contribution in [3.63, 3.8) is 0 Å². The van der Waals surface area contributed by atoms with E-state index in [4.69, 9.17) is 0 Å². The molecule has 3 rings (SSSR count). The Kier molecular flexibility index (Phi) is 5.07. The molecule has 2 aromatic rings. The first kappa shape index (κ1) is 16.1. The Morgan fingerprint density at radius 3 is 3.04 bits per heavy atom. The smallest absolute Gasteiger partial charge is 0.267 e. The quantitative estimate of drug-likeness (QED) is 0.898. The summed E-state index contributed by atoms with van der Waals surface area (Å²) >= 11 is 2.88. The summed E-state index contributed by atoms with van der Waals surface area (Å²) in [4.78, 5) is 32.4. The van der Waals surface area contributed by atoms with Gasteiger partial charge in [-0.2, -0.15) is 0 Å². The molecule has 1 N–H and O–H groups in total. The van der Waals surface area contributed by atoms with Crippen molar-refractivity contribution in [2.45, 2.75) is 39.2 Å².